The van der Waals surface area contributed by atoms with Gasteiger partial charge < -0.3 is 10.5 Å². The molecule has 5 heteroatoms. The zero-order chi connectivity index (χ0) is 25.6. The van der Waals surface area contributed by atoms with Crippen LogP contribution in [-0.2, 0) is 12.6 Å². The first-order chi connectivity index (χ1) is 17.9. The fraction of sp³-hybridized carbons (Fsp3) is 0.0625. The molecule has 1 aliphatic rings. The van der Waals surface area contributed by atoms with Gasteiger partial charge in [-0.25, -0.2) is 0 Å². The van der Waals surface area contributed by atoms with Crippen LogP contribution < -0.4 is 10.5 Å². The zero-order valence-corrected chi connectivity index (χ0v) is 19.7. The van der Waals surface area contributed by atoms with Crippen molar-refractivity contribution in [3.63, 3.8) is 0 Å². The number of fused-ring (bicyclic) bond motifs is 3. The lowest BCUT2D eigenvalue weighted by Gasteiger charge is -2.19. The molecule has 0 fully saturated rings. The van der Waals surface area contributed by atoms with Gasteiger partial charge in [0, 0.05) is 5.56 Å². The number of nitrogens with two attached hydrogens (primary N) is 1. The Morgan fingerprint density at radius 2 is 1.32 bits per heavy atom. The standard InChI is InChI=1S/C32H22F3NO/c33-32(34,35)28-14-7-15-29(36)31(28)37-30-17-16-22(18-26(30)20-8-2-1-3-9-20)24-12-6-13-25-23-11-5-4-10-21(23)19-27(24)25/h1-18H,19,36H2. The zero-order valence-electron chi connectivity index (χ0n) is 19.7. The van der Waals surface area contributed by atoms with Crippen molar-refractivity contribution >= 4 is 5.69 Å². The van der Waals surface area contributed by atoms with Crippen molar-refractivity contribution in [1.82, 2.24) is 0 Å². The number of para-hydroxylation sites is 1. The normalized spacial score (nSPS) is 12.2. The van der Waals surface area contributed by atoms with Crippen molar-refractivity contribution in [2.45, 2.75) is 12.6 Å². The number of hydrogen-bond donors (Lipinski definition) is 1. The predicted octanol–water partition coefficient (Wildman–Crippen LogP) is 8.99. The smallest absolute Gasteiger partial charge is 0.420 e. The SMILES string of the molecule is Nc1cccc(C(F)(F)F)c1Oc1ccc(-c2cccc3c2Cc2ccccc2-3)cc1-c1ccccc1. The first-order valence-electron chi connectivity index (χ1n) is 11.9. The Bertz CT molecular complexity index is 1620. The molecule has 0 aliphatic heterocycles. The van der Waals surface area contributed by atoms with Crippen molar-refractivity contribution in [1.29, 1.82) is 0 Å². The summed E-state index contributed by atoms with van der Waals surface area (Å²) in [6, 6.07) is 33.4. The summed E-state index contributed by atoms with van der Waals surface area (Å²) in [6.45, 7) is 0. The second-order valence-electron chi connectivity index (χ2n) is 9.07. The third kappa shape index (κ3) is 4.12. The number of rotatable bonds is 4. The Balaban J connectivity index is 1.49. The van der Waals surface area contributed by atoms with Crippen molar-refractivity contribution in [3.8, 4) is 44.9 Å². The van der Waals surface area contributed by atoms with Gasteiger partial charge in [-0.3, -0.25) is 0 Å². The Morgan fingerprint density at radius 3 is 2.14 bits per heavy atom. The highest BCUT2D eigenvalue weighted by molar-refractivity contribution is 5.87. The number of benzene rings is 5. The molecule has 6 rings (SSSR count). The monoisotopic (exact) mass is 493 g/mol. The van der Waals surface area contributed by atoms with E-state index >= 15 is 0 Å². The number of ether oxygens (including phenoxy) is 1. The van der Waals surface area contributed by atoms with Gasteiger partial charge in [0.2, 0.25) is 0 Å². The summed E-state index contributed by atoms with van der Waals surface area (Å²) in [5.41, 5.74) is 13.5. The van der Waals surface area contributed by atoms with Gasteiger partial charge in [0.1, 0.15) is 11.3 Å². The van der Waals surface area contributed by atoms with E-state index in [0.29, 0.717) is 11.3 Å². The highest BCUT2D eigenvalue weighted by Gasteiger charge is 2.35. The van der Waals surface area contributed by atoms with Crippen LogP contribution in [0.2, 0.25) is 0 Å². The maximum atomic E-state index is 13.7. The van der Waals surface area contributed by atoms with Gasteiger partial charge in [-0.15, -0.1) is 0 Å². The second-order valence-corrected chi connectivity index (χ2v) is 9.07. The first kappa shape index (κ1) is 22.9. The van der Waals surface area contributed by atoms with E-state index in [9.17, 15) is 13.2 Å². The van der Waals surface area contributed by atoms with Crippen molar-refractivity contribution < 1.29 is 17.9 Å². The average molecular weight is 494 g/mol. The number of alkyl halides is 3. The molecule has 0 bridgehead atoms. The van der Waals surface area contributed by atoms with E-state index in [4.69, 9.17) is 10.5 Å². The Kier molecular flexibility index (Phi) is 5.49. The van der Waals surface area contributed by atoms with Crippen LogP contribution in [0.3, 0.4) is 0 Å². The molecule has 0 atom stereocenters. The van der Waals surface area contributed by atoms with Crippen LogP contribution in [0.5, 0.6) is 11.5 Å². The maximum Gasteiger partial charge on any atom is 0.420 e. The summed E-state index contributed by atoms with van der Waals surface area (Å²) >= 11 is 0. The molecule has 0 spiro atoms. The van der Waals surface area contributed by atoms with E-state index in [0.717, 1.165) is 29.2 Å². The van der Waals surface area contributed by atoms with Crippen LogP contribution in [0.25, 0.3) is 33.4 Å². The van der Waals surface area contributed by atoms with Gasteiger partial charge in [0.05, 0.1) is 5.69 Å². The van der Waals surface area contributed by atoms with Gasteiger partial charge in [0.25, 0.3) is 0 Å². The van der Waals surface area contributed by atoms with Crippen LogP contribution >= 0.6 is 0 Å². The maximum absolute atomic E-state index is 13.7. The van der Waals surface area contributed by atoms with Crippen LogP contribution in [0, 0.1) is 0 Å². The van der Waals surface area contributed by atoms with Gasteiger partial charge >= 0.3 is 6.18 Å². The summed E-state index contributed by atoms with van der Waals surface area (Å²) in [5.74, 6) is -0.0924. The predicted molar refractivity (Wildman–Crippen MR) is 141 cm³/mol. The fourth-order valence-corrected chi connectivity index (χ4v) is 5.06. The third-order valence-electron chi connectivity index (χ3n) is 6.79. The minimum atomic E-state index is -4.60. The fourth-order valence-electron chi connectivity index (χ4n) is 5.06. The van der Waals surface area contributed by atoms with Crippen LogP contribution in [-0.4, -0.2) is 0 Å². The third-order valence-corrected chi connectivity index (χ3v) is 6.79. The number of anilines is 1. The highest BCUT2D eigenvalue weighted by atomic mass is 19.4. The van der Waals surface area contributed by atoms with Crippen LogP contribution in [0.4, 0.5) is 18.9 Å². The topological polar surface area (TPSA) is 35.2 Å². The van der Waals surface area contributed by atoms with E-state index in [2.05, 4.69) is 30.3 Å². The van der Waals surface area contributed by atoms with Gasteiger partial charge in [-0.2, -0.15) is 13.2 Å². The largest absolute Gasteiger partial charge is 0.454 e. The Labute approximate surface area is 212 Å². The molecule has 2 N–H and O–H groups in total. The summed E-state index contributed by atoms with van der Waals surface area (Å²) in [6.07, 6.45) is -3.77. The lowest BCUT2D eigenvalue weighted by molar-refractivity contribution is -0.138. The molecule has 0 radical (unpaired) electrons. The Morgan fingerprint density at radius 1 is 0.622 bits per heavy atom. The lowest BCUT2D eigenvalue weighted by atomic mass is 9.93. The molecule has 2 nitrogen and oxygen atoms in total. The minimum absolute atomic E-state index is 0.0726. The summed E-state index contributed by atoms with van der Waals surface area (Å²) < 4.78 is 47.2. The molecule has 0 heterocycles. The minimum Gasteiger partial charge on any atom is -0.454 e. The van der Waals surface area contributed by atoms with Crippen molar-refractivity contribution in [3.05, 3.63) is 126 Å². The molecule has 0 amide bonds. The van der Waals surface area contributed by atoms with E-state index < -0.39 is 17.5 Å². The summed E-state index contributed by atoms with van der Waals surface area (Å²) in [4.78, 5) is 0. The lowest BCUT2D eigenvalue weighted by Crippen LogP contribution is -2.09. The number of nitrogen functional groups attached to an aromatic ring is 1. The molecule has 0 saturated carbocycles. The molecule has 5 aromatic rings. The molecule has 0 saturated heterocycles. The Hall–Kier alpha value is -4.51. The average Bonchev–Trinajstić information content (AvgIpc) is 3.29. The van der Waals surface area contributed by atoms with Crippen LogP contribution in [0.1, 0.15) is 16.7 Å². The van der Waals surface area contributed by atoms with E-state index in [1.165, 1.54) is 34.4 Å². The molecular formula is C32H22F3NO. The van der Waals surface area contributed by atoms with Gasteiger partial charge in [-0.1, -0.05) is 84.9 Å². The van der Waals surface area contributed by atoms with E-state index in [-0.39, 0.29) is 5.69 Å². The van der Waals surface area contributed by atoms with Crippen molar-refractivity contribution in [2.75, 3.05) is 5.73 Å². The molecule has 37 heavy (non-hydrogen) atoms. The van der Waals surface area contributed by atoms with Crippen molar-refractivity contribution in [2.24, 2.45) is 0 Å². The van der Waals surface area contributed by atoms with Crippen LogP contribution in [0.15, 0.2) is 109 Å². The molecular weight excluding hydrogens is 471 g/mol. The first-order valence-corrected chi connectivity index (χ1v) is 11.9. The van der Waals surface area contributed by atoms with Gasteiger partial charge in [0.15, 0.2) is 5.75 Å². The number of halogens is 3. The number of hydrogen-bond acceptors (Lipinski definition) is 2. The molecule has 0 aromatic heterocycles. The van der Waals surface area contributed by atoms with E-state index in [1.807, 2.05) is 54.6 Å². The van der Waals surface area contributed by atoms with Gasteiger partial charge in [-0.05, 0) is 69.6 Å². The molecule has 0 unspecified atom stereocenters. The summed E-state index contributed by atoms with van der Waals surface area (Å²) in [5, 5.41) is 0. The summed E-state index contributed by atoms with van der Waals surface area (Å²) in [7, 11) is 0. The van der Waals surface area contributed by atoms with E-state index in [1.54, 1.807) is 6.07 Å². The highest BCUT2D eigenvalue weighted by Crippen LogP contribution is 2.46. The second kappa shape index (κ2) is 8.86. The molecule has 182 valence electrons. The molecule has 1 aliphatic carbocycles. The molecule has 5 aromatic carbocycles. The quantitative estimate of drug-likeness (QED) is 0.249.